The number of para-hydroxylation sites is 1. The molecule has 1 atom stereocenters. The molecule has 1 amide bonds. The zero-order valence-electron chi connectivity index (χ0n) is 14.1. The Morgan fingerprint density at radius 1 is 1.19 bits per heavy atom. The maximum absolute atomic E-state index is 12.9. The van der Waals surface area contributed by atoms with Crippen LogP contribution in [0.2, 0.25) is 0 Å². The van der Waals surface area contributed by atoms with E-state index in [9.17, 15) is 26.4 Å². The van der Waals surface area contributed by atoms with Crippen LogP contribution in [0.25, 0.3) is 0 Å². The third-order valence-electron chi connectivity index (χ3n) is 4.09. The maximum Gasteiger partial charge on any atom is 0.416 e. The number of alkyl halides is 3. The van der Waals surface area contributed by atoms with Crippen LogP contribution in [0.1, 0.15) is 18.1 Å². The van der Waals surface area contributed by atoms with Crippen molar-refractivity contribution in [2.24, 2.45) is 0 Å². The standard InChI is InChI=1S/C17H16F3N3O3S/c1-2-10-5-3-4-6-12(10)22-16(24)15-21-13-9-11(17(18,19)20)7-8-14(13)27(25,26)23-15/h3-9,15,21,23H,2H2,1H3,(H,22,24)/t15-/m0/s1. The number of anilines is 2. The van der Waals surface area contributed by atoms with E-state index in [1.54, 1.807) is 24.3 Å². The highest BCUT2D eigenvalue weighted by Gasteiger charge is 2.37. The van der Waals surface area contributed by atoms with Crippen molar-refractivity contribution in [3.8, 4) is 0 Å². The molecule has 1 aliphatic rings. The molecule has 0 fully saturated rings. The smallest absolute Gasteiger partial charge is 0.360 e. The number of rotatable bonds is 3. The van der Waals surface area contributed by atoms with Gasteiger partial charge in [0.05, 0.1) is 11.3 Å². The summed E-state index contributed by atoms with van der Waals surface area (Å²) in [5.74, 6) is -0.734. The van der Waals surface area contributed by atoms with Gasteiger partial charge in [-0.3, -0.25) is 4.79 Å². The first-order valence-corrected chi connectivity index (χ1v) is 9.49. The summed E-state index contributed by atoms with van der Waals surface area (Å²) in [6.07, 6.45) is -5.45. The molecule has 0 saturated carbocycles. The van der Waals surface area contributed by atoms with Gasteiger partial charge in [-0.05, 0) is 36.2 Å². The van der Waals surface area contributed by atoms with Crippen molar-refractivity contribution >= 4 is 27.3 Å². The number of hydrogen-bond donors (Lipinski definition) is 3. The molecule has 0 radical (unpaired) electrons. The second-order valence-corrected chi connectivity index (χ2v) is 7.59. The summed E-state index contributed by atoms with van der Waals surface area (Å²) in [6, 6.07) is 9.17. The van der Waals surface area contributed by atoms with E-state index < -0.39 is 33.8 Å². The lowest BCUT2D eigenvalue weighted by molar-refractivity contribution is -0.137. The summed E-state index contributed by atoms with van der Waals surface area (Å²) in [5, 5.41) is 5.11. The van der Waals surface area contributed by atoms with Gasteiger partial charge in [0.2, 0.25) is 10.0 Å². The number of carbonyl (C=O) groups is 1. The lowest BCUT2D eigenvalue weighted by Gasteiger charge is -2.28. The summed E-state index contributed by atoms with van der Waals surface area (Å²) in [4.78, 5) is 12.1. The molecule has 0 spiro atoms. The highest BCUT2D eigenvalue weighted by atomic mass is 32.2. The predicted molar refractivity (Wildman–Crippen MR) is 93.6 cm³/mol. The van der Waals surface area contributed by atoms with Gasteiger partial charge in [-0.2, -0.15) is 17.9 Å². The average molecular weight is 399 g/mol. The van der Waals surface area contributed by atoms with Crippen LogP contribution in [0.15, 0.2) is 47.4 Å². The van der Waals surface area contributed by atoms with E-state index in [2.05, 4.69) is 15.4 Å². The molecule has 0 unspecified atom stereocenters. The van der Waals surface area contributed by atoms with Crippen molar-refractivity contribution in [2.75, 3.05) is 10.6 Å². The molecule has 144 valence electrons. The van der Waals surface area contributed by atoms with Gasteiger partial charge in [-0.15, -0.1) is 0 Å². The van der Waals surface area contributed by atoms with Gasteiger partial charge in [0, 0.05) is 5.69 Å². The Morgan fingerprint density at radius 3 is 2.56 bits per heavy atom. The monoisotopic (exact) mass is 399 g/mol. The SMILES string of the molecule is CCc1ccccc1NC(=O)[C@H]1Nc2cc(C(F)(F)F)ccc2S(=O)(=O)N1. The van der Waals surface area contributed by atoms with Crippen LogP contribution in [-0.2, 0) is 27.4 Å². The summed E-state index contributed by atoms with van der Waals surface area (Å²) in [7, 11) is -4.15. The van der Waals surface area contributed by atoms with E-state index >= 15 is 0 Å². The fourth-order valence-electron chi connectivity index (χ4n) is 2.73. The fraction of sp³-hybridized carbons (Fsp3) is 0.235. The van der Waals surface area contributed by atoms with Crippen LogP contribution in [0.5, 0.6) is 0 Å². The molecule has 0 aromatic heterocycles. The van der Waals surface area contributed by atoms with Gasteiger partial charge in [-0.25, -0.2) is 8.42 Å². The number of benzene rings is 2. The normalized spacial score (nSPS) is 18.3. The van der Waals surface area contributed by atoms with Gasteiger partial charge in [-0.1, -0.05) is 25.1 Å². The third kappa shape index (κ3) is 3.91. The summed E-state index contributed by atoms with van der Waals surface area (Å²) in [6.45, 7) is 1.89. The Bertz CT molecular complexity index is 990. The minimum atomic E-state index is -4.64. The Hall–Kier alpha value is -2.59. The van der Waals surface area contributed by atoms with Crippen LogP contribution in [0, 0.1) is 0 Å². The first kappa shape index (κ1) is 19.2. The minimum absolute atomic E-state index is 0.285. The van der Waals surface area contributed by atoms with Gasteiger partial charge in [0.15, 0.2) is 6.17 Å². The second-order valence-electron chi connectivity index (χ2n) is 5.91. The van der Waals surface area contributed by atoms with Crippen LogP contribution in [0.4, 0.5) is 24.5 Å². The molecule has 1 heterocycles. The number of nitrogens with one attached hydrogen (secondary N) is 3. The average Bonchev–Trinajstić information content (AvgIpc) is 2.60. The quantitative estimate of drug-likeness (QED) is 0.741. The Balaban J connectivity index is 1.90. The zero-order chi connectivity index (χ0) is 19.8. The molecule has 0 aliphatic carbocycles. The molecular weight excluding hydrogens is 383 g/mol. The van der Waals surface area contributed by atoms with Crippen molar-refractivity contribution < 1.29 is 26.4 Å². The number of sulfonamides is 1. The molecule has 0 saturated heterocycles. The van der Waals surface area contributed by atoms with Crippen LogP contribution in [-0.4, -0.2) is 20.5 Å². The molecule has 2 aromatic rings. The number of halogens is 3. The third-order valence-corrected chi connectivity index (χ3v) is 5.57. The number of hydrogen-bond acceptors (Lipinski definition) is 4. The number of aryl methyl sites for hydroxylation is 1. The van der Waals surface area contributed by atoms with Gasteiger partial charge in [0.1, 0.15) is 4.90 Å². The van der Waals surface area contributed by atoms with Crippen molar-refractivity contribution in [1.82, 2.24) is 4.72 Å². The minimum Gasteiger partial charge on any atom is -0.360 e. The van der Waals surface area contributed by atoms with Crippen LogP contribution in [0.3, 0.4) is 0 Å². The number of amides is 1. The molecule has 2 aromatic carbocycles. The van der Waals surface area contributed by atoms with Crippen molar-refractivity contribution in [3.05, 3.63) is 53.6 Å². The maximum atomic E-state index is 12.9. The number of carbonyl (C=O) groups excluding carboxylic acids is 1. The van der Waals surface area contributed by atoms with E-state index in [0.29, 0.717) is 24.2 Å². The second kappa shape index (κ2) is 6.86. The summed E-state index contributed by atoms with van der Waals surface area (Å²) < 4.78 is 65.5. The lowest BCUT2D eigenvalue weighted by atomic mass is 10.1. The van der Waals surface area contributed by atoms with Gasteiger partial charge < -0.3 is 10.6 Å². The predicted octanol–water partition coefficient (Wildman–Crippen LogP) is 2.94. The van der Waals surface area contributed by atoms with Crippen molar-refractivity contribution in [2.45, 2.75) is 30.6 Å². The number of fused-ring (bicyclic) bond motifs is 1. The van der Waals surface area contributed by atoms with Crippen LogP contribution < -0.4 is 15.4 Å². The van der Waals surface area contributed by atoms with E-state index in [4.69, 9.17) is 0 Å². The molecule has 27 heavy (non-hydrogen) atoms. The zero-order valence-corrected chi connectivity index (χ0v) is 14.9. The summed E-state index contributed by atoms with van der Waals surface area (Å²) in [5.41, 5.74) is 0.0407. The first-order chi connectivity index (χ1) is 12.6. The Labute approximate surface area is 153 Å². The molecular formula is C17H16F3N3O3S. The molecule has 3 rings (SSSR count). The lowest BCUT2D eigenvalue weighted by Crippen LogP contribution is -2.51. The van der Waals surface area contributed by atoms with Crippen molar-refractivity contribution in [1.29, 1.82) is 0 Å². The highest BCUT2D eigenvalue weighted by Crippen LogP contribution is 2.35. The molecule has 3 N–H and O–H groups in total. The highest BCUT2D eigenvalue weighted by molar-refractivity contribution is 7.89. The molecule has 1 aliphatic heterocycles. The molecule has 10 heteroatoms. The largest absolute Gasteiger partial charge is 0.416 e. The van der Waals surface area contributed by atoms with E-state index in [-0.39, 0.29) is 10.6 Å². The van der Waals surface area contributed by atoms with E-state index in [1.807, 2.05) is 6.92 Å². The Kier molecular flexibility index (Phi) is 4.87. The van der Waals surface area contributed by atoms with Gasteiger partial charge in [0.25, 0.3) is 5.91 Å². The van der Waals surface area contributed by atoms with E-state index in [0.717, 1.165) is 11.6 Å². The molecule has 0 bridgehead atoms. The van der Waals surface area contributed by atoms with E-state index in [1.165, 1.54) is 0 Å². The molecule has 6 nitrogen and oxygen atoms in total. The van der Waals surface area contributed by atoms with Crippen molar-refractivity contribution in [3.63, 3.8) is 0 Å². The Morgan fingerprint density at radius 2 is 1.89 bits per heavy atom. The first-order valence-electron chi connectivity index (χ1n) is 8.00. The topological polar surface area (TPSA) is 87.3 Å². The summed E-state index contributed by atoms with van der Waals surface area (Å²) >= 11 is 0. The fourth-order valence-corrected chi connectivity index (χ4v) is 3.99. The van der Waals surface area contributed by atoms with Gasteiger partial charge >= 0.3 is 6.18 Å². The van der Waals surface area contributed by atoms with Crippen LogP contribution >= 0.6 is 0 Å².